The Balaban J connectivity index is 1.16. The second-order valence-corrected chi connectivity index (χ2v) is 10.9. The Hall–Kier alpha value is -3.69. The normalized spacial score (nSPS) is 15.1. The summed E-state index contributed by atoms with van der Waals surface area (Å²) in [6.07, 6.45) is 1.41. The maximum atomic E-state index is 13.2. The van der Waals surface area contributed by atoms with Gasteiger partial charge in [-0.2, -0.15) is 4.31 Å². The number of hydrogen-bond acceptors (Lipinski definition) is 5. The number of amides is 1. The SMILES string of the molecule is Cc1cccc(OCC(=O)Nc2ccc(S(=O)(=O)N3CCC(c4nc5ccccc5[nH]4)CC3)cc2)c1. The minimum Gasteiger partial charge on any atom is -0.484 e. The van der Waals surface area contributed by atoms with Crippen LogP contribution in [0.1, 0.15) is 30.1 Å². The van der Waals surface area contributed by atoms with Gasteiger partial charge in [0.2, 0.25) is 10.0 Å². The van der Waals surface area contributed by atoms with Crippen LogP contribution in [0.4, 0.5) is 5.69 Å². The molecule has 1 fully saturated rings. The minimum atomic E-state index is -3.62. The molecule has 36 heavy (non-hydrogen) atoms. The molecule has 5 rings (SSSR count). The number of sulfonamides is 1. The van der Waals surface area contributed by atoms with Crippen molar-refractivity contribution in [2.24, 2.45) is 0 Å². The Morgan fingerprint density at radius 2 is 1.81 bits per heavy atom. The van der Waals surface area contributed by atoms with Crippen molar-refractivity contribution in [2.75, 3.05) is 25.0 Å². The van der Waals surface area contributed by atoms with Crippen LogP contribution in [0.3, 0.4) is 0 Å². The van der Waals surface area contributed by atoms with Gasteiger partial charge in [0.15, 0.2) is 6.61 Å². The number of para-hydroxylation sites is 2. The van der Waals surface area contributed by atoms with E-state index in [2.05, 4.69) is 15.3 Å². The van der Waals surface area contributed by atoms with Crippen LogP contribution in [0.25, 0.3) is 11.0 Å². The number of aryl methyl sites for hydroxylation is 1. The van der Waals surface area contributed by atoms with Crippen molar-refractivity contribution in [1.82, 2.24) is 14.3 Å². The van der Waals surface area contributed by atoms with E-state index in [4.69, 9.17) is 4.74 Å². The third-order valence-corrected chi connectivity index (χ3v) is 8.30. The van der Waals surface area contributed by atoms with Crippen LogP contribution < -0.4 is 10.1 Å². The van der Waals surface area contributed by atoms with Crippen molar-refractivity contribution in [3.05, 3.63) is 84.2 Å². The third-order valence-electron chi connectivity index (χ3n) is 6.38. The highest BCUT2D eigenvalue weighted by atomic mass is 32.2. The van der Waals surface area contributed by atoms with Gasteiger partial charge in [0.25, 0.3) is 5.91 Å². The van der Waals surface area contributed by atoms with Crippen LogP contribution in [-0.2, 0) is 14.8 Å². The summed E-state index contributed by atoms with van der Waals surface area (Å²) in [7, 11) is -3.62. The number of carbonyl (C=O) groups excluding carboxylic acids is 1. The van der Waals surface area contributed by atoms with Crippen LogP contribution in [0.15, 0.2) is 77.7 Å². The molecule has 0 spiro atoms. The fourth-order valence-electron chi connectivity index (χ4n) is 4.45. The average Bonchev–Trinajstić information content (AvgIpc) is 3.32. The number of ether oxygens (including phenoxy) is 1. The molecule has 1 saturated heterocycles. The number of H-pyrrole nitrogens is 1. The molecule has 2 N–H and O–H groups in total. The Morgan fingerprint density at radius 3 is 2.53 bits per heavy atom. The predicted octanol–water partition coefficient (Wildman–Crippen LogP) is 4.46. The first-order valence-corrected chi connectivity index (χ1v) is 13.4. The molecular weight excluding hydrogens is 476 g/mol. The molecule has 0 aliphatic carbocycles. The van der Waals surface area contributed by atoms with E-state index in [1.807, 2.05) is 49.4 Å². The summed E-state index contributed by atoms with van der Waals surface area (Å²) < 4.78 is 33.4. The van der Waals surface area contributed by atoms with Crippen molar-refractivity contribution >= 4 is 32.7 Å². The zero-order chi connectivity index (χ0) is 25.1. The molecule has 4 aromatic rings. The summed E-state index contributed by atoms with van der Waals surface area (Å²) in [4.78, 5) is 20.5. The van der Waals surface area contributed by atoms with Crippen molar-refractivity contribution in [1.29, 1.82) is 0 Å². The van der Waals surface area contributed by atoms with E-state index in [0.717, 1.165) is 22.4 Å². The number of hydrogen-bond donors (Lipinski definition) is 2. The topological polar surface area (TPSA) is 104 Å². The van der Waals surface area contributed by atoms with Crippen LogP contribution in [0.5, 0.6) is 5.75 Å². The zero-order valence-corrected chi connectivity index (χ0v) is 20.8. The molecule has 1 aromatic heterocycles. The van der Waals surface area contributed by atoms with Gasteiger partial charge in [-0.05, 0) is 73.9 Å². The largest absolute Gasteiger partial charge is 0.484 e. The summed E-state index contributed by atoms with van der Waals surface area (Å²) in [5.41, 5.74) is 3.48. The number of anilines is 1. The van der Waals surface area contributed by atoms with Gasteiger partial charge in [0.1, 0.15) is 11.6 Å². The quantitative estimate of drug-likeness (QED) is 0.387. The fraction of sp³-hybridized carbons (Fsp3) is 0.259. The summed E-state index contributed by atoms with van der Waals surface area (Å²) >= 11 is 0. The van der Waals surface area contributed by atoms with E-state index in [1.54, 1.807) is 18.2 Å². The Bertz CT molecular complexity index is 1440. The van der Waals surface area contributed by atoms with Gasteiger partial charge in [-0.25, -0.2) is 13.4 Å². The van der Waals surface area contributed by atoms with Gasteiger partial charge in [-0.3, -0.25) is 4.79 Å². The van der Waals surface area contributed by atoms with Gasteiger partial charge in [-0.1, -0.05) is 24.3 Å². The number of aromatic nitrogens is 2. The molecule has 1 aliphatic rings. The standard InChI is InChI=1S/C27H28N4O4S/c1-19-5-4-6-22(17-19)35-18-26(32)28-21-9-11-23(12-10-21)36(33,34)31-15-13-20(14-16-31)27-29-24-7-2-3-8-25(24)30-27/h2-12,17,20H,13-16,18H2,1H3,(H,28,32)(H,29,30). The first kappa shape index (κ1) is 24.0. The van der Waals surface area contributed by atoms with Crippen LogP contribution in [0, 0.1) is 6.92 Å². The van der Waals surface area contributed by atoms with Crippen LogP contribution in [0.2, 0.25) is 0 Å². The van der Waals surface area contributed by atoms with E-state index in [9.17, 15) is 13.2 Å². The highest BCUT2D eigenvalue weighted by Gasteiger charge is 2.31. The second kappa shape index (κ2) is 10.1. The lowest BCUT2D eigenvalue weighted by atomic mass is 9.97. The van der Waals surface area contributed by atoms with Crippen molar-refractivity contribution in [3.8, 4) is 5.75 Å². The molecule has 8 nitrogen and oxygen atoms in total. The summed E-state index contributed by atoms with van der Waals surface area (Å²) in [5.74, 6) is 1.42. The van der Waals surface area contributed by atoms with Crippen molar-refractivity contribution in [2.45, 2.75) is 30.6 Å². The smallest absolute Gasteiger partial charge is 0.262 e. The molecule has 1 amide bonds. The maximum absolute atomic E-state index is 13.2. The lowest BCUT2D eigenvalue weighted by Gasteiger charge is -2.30. The van der Waals surface area contributed by atoms with E-state index in [-0.39, 0.29) is 23.3 Å². The van der Waals surface area contributed by atoms with Gasteiger partial charge >= 0.3 is 0 Å². The lowest BCUT2D eigenvalue weighted by molar-refractivity contribution is -0.118. The number of imidazole rings is 1. The van der Waals surface area contributed by atoms with E-state index in [0.29, 0.717) is 37.4 Å². The summed E-state index contributed by atoms with van der Waals surface area (Å²) in [5, 5.41) is 2.74. The number of nitrogens with one attached hydrogen (secondary N) is 2. The molecule has 9 heteroatoms. The van der Waals surface area contributed by atoms with Crippen LogP contribution >= 0.6 is 0 Å². The third kappa shape index (κ3) is 5.27. The molecule has 0 atom stereocenters. The molecule has 0 unspecified atom stereocenters. The van der Waals surface area contributed by atoms with Gasteiger partial charge in [-0.15, -0.1) is 0 Å². The highest BCUT2D eigenvalue weighted by Crippen LogP contribution is 2.30. The van der Waals surface area contributed by atoms with Crippen molar-refractivity contribution < 1.29 is 17.9 Å². The summed E-state index contributed by atoms with van der Waals surface area (Å²) in [6.45, 7) is 2.67. The van der Waals surface area contributed by atoms with E-state index >= 15 is 0 Å². The highest BCUT2D eigenvalue weighted by molar-refractivity contribution is 7.89. The van der Waals surface area contributed by atoms with E-state index in [1.165, 1.54) is 16.4 Å². The Labute approximate surface area is 210 Å². The first-order chi connectivity index (χ1) is 17.4. The molecule has 186 valence electrons. The van der Waals surface area contributed by atoms with Crippen molar-refractivity contribution in [3.63, 3.8) is 0 Å². The Kier molecular flexibility index (Phi) is 6.75. The molecule has 3 aromatic carbocycles. The number of fused-ring (bicyclic) bond motifs is 1. The number of nitrogens with zero attached hydrogens (tertiary/aromatic N) is 2. The predicted molar refractivity (Wildman–Crippen MR) is 139 cm³/mol. The van der Waals surface area contributed by atoms with Gasteiger partial charge in [0.05, 0.1) is 15.9 Å². The first-order valence-electron chi connectivity index (χ1n) is 11.9. The number of piperidine rings is 1. The van der Waals surface area contributed by atoms with Crippen LogP contribution in [-0.4, -0.2) is 48.3 Å². The summed E-state index contributed by atoms with van der Waals surface area (Å²) in [6, 6.07) is 21.6. The molecule has 2 heterocycles. The average molecular weight is 505 g/mol. The minimum absolute atomic E-state index is 0.135. The number of carbonyl (C=O) groups is 1. The lowest BCUT2D eigenvalue weighted by Crippen LogP contribution is -2.38. The maximum Gasteiger partial charge on any atom is 0.262 e. The second-order valence-electron chi connectivity index (χ2n) is 9.00. The Morgan fingerprint density at radius 1 is 1.06 bits per heavy atom. The molecule has 0 saturated carbocycles. The van der Waals surface area contributed by atoms with Gasteiger partial charge < -0.3 is 15.0 Å². The monoisotopic (exact) mass is 504 g/mol. The molecular formula is C27H28N4O4S. The zero-order valence-electron chi connectivity index (χ0n) is 20.0. The molecule has 0 radical (unpaired) electrons. The molecule has 1 aliphatic heterocycles. The number of rotatable bonds is 7. The number of benzene rings is 3. The molecule has 0 bridgehead atoms. The van der Waals surface area contributed by atoms with E-state index < -0.39 is 10.0 Å². The fourth-order valence-corrected chi connectivity index (χ4v) is 5.92. The van der Waals surface area contributed by atoms with Gasteiger partial charge in [0, 0.05) is 24.7 Å². The number of aromatic amines is 1.